The summed E-state index contributed by atoms with van der Waals surface area (Å²) in [7, 11) is 0. The van der Waals surface area contributed by atoms with Gasteiger partial charge in [-0.2, -0.15) is 0 Å². The van der Waals surface area contributed by atoms with Crippen molar-refractivity contribution in [2.45, 2.75) is 35.4 Å². The first kappa shape index (κ1) is 11.2. The quantitative estimate of drug-likeness (QED) is 0.631. The summed E-state index contributed by atoms with van der Waals surface area (Å²) in [6.45, 7) is 1.93. The molecule has 0 spiro atoms. The second kappa shape index (κ2) is 4.92. The van der Waals surface area contributed by atoms with Crippen LogP contribution in [0.15, 0.2) is 0 Å². The zero-order chi connectivity index (χ0) is 8.20. The van der Waals surface area contributed by atoms with E-state index in [4.69, 9.17) is 46.4 Å². The smallest absolute Gasteiger partial charge is 0.123 e. The van der Waals surface area contributed by atoms with Crippen molar-refractivity contribution in [3.05, 3.63) is 0 Å². The maximum atomic E-state index is 5.68. The lowest BCUT2D eigenvalue weighted by atomic mass is 10.2. The first-order valence-electron chi connectivity index (χ1n) is 3.12. The molecule has 0 saturated heterocycles. The molecule has 62 valence electrons. The van der Waals surface area contributed by atoms with Crippen LogP contribution in [0.4, 0.5) is 0 Å². The summed E-state index contributed by atoms with van der Waals surface area (Å²) in [5.74, 6) is 0. The Labute approximate surface area is 81.8 Å². The standard InChI is InChI=1S/C6H10Cl4/c1-5(7)3-2-4-6(8,9)10/h5H,2-4H2,1H3. The van der Waals surface area contributed by atoms with Gasteiger partial charge in [0.1, 0.15) is 0 Å². The van der Waals surface area contributed by atoms with Crippen LogP contribution < -0.4 is 0 Å². The molecule has 10 heavy (non-hydrogen) atoms. The van der Waals surface area contributed by atoms with Gasteiger partial charge in [0.15, 0.2) is 3.79 Å². The summed E-state index contributed by atoms with van der Waals surface area (Å²) >= 11 is 22.2. The molecule has 0 N–H and O–H groups in total. The molecule has 0 saturated carbocycles. The second-order valence-corrected chi connectivity index (χ2v) is 5.55. The first-order valence-corrected chi connectivity index (χ1v) is 4.69. The van der Waals surface area contributed by atoms with Gasteiger partial charge in [-0.3, -0.25) is 0 Å². The van der Waals surface area contributed by atoms with Crippen LogP contribution in [0, 0.1) is 0 Å². The third kappa shape index (κ3) is 9.16. The largest absolute Gasteiger partial charge is 0.190 e. The normalized spacial score (nSPS) is 15.3. The summed E-state index contributed by atoms with van der Waals surface area (Å²) in [6, 6.07) is 0. The van der Waals surface area contributed by atoms with E-state index in [0.29, 0.717) is 6.42 Å². The van der Waals surface area contributed by atoms with Crippen LogP contribution in [0.2, 0.25) is 0 Å². The maximum absolute atomic E-state index is 5.68. The van der Waals surface area contributed by atoms with E-state index in [0.717, 1.165) is 12.8 Å². The fraction of sp³-hybridized carbons (Fsp3) is 1.00. The zero-order valence-corrected chi connectivity index (χ0v) is 8.73. The predicted octanol–water partition coefficient (Wildman–Crippen LogP) is 4.15. The summed E-state index contributed by atoms with van der Waals surface area (Å²) in [5, 5.41) is 0.173. The van der Waals surface area contributed by atoms with Crippen molar-refractivity contribution in [2.75, 3.05) is 0 Å². The molecule has 0 aliphatic heterocycles. The Bertz CT molecular complexity index is 84.2. The molecule has 0 radical (unpaired) electrons. The highest BCUT2D eigenvalue weighted by Crippen LogP contribution is 2.32. The van der Waals surface area contributed by atoms with Gasteiger partial charge in [-0.25, -0.2) is 0 Å². The van der Waals surface area contributed by atoms with Crippen LogP contribution in [0.3, 0.4) is 0 Å². The third-order valence-electron chi connectivity index (χ3n) is 1.06. The molecule has 0 fully saturated rings. The van der Waals surface area contributed by atoms with E-state index in [2.05, 4.69) is 0 Å². The molecule has 0 bridgehead atoms. The van der Waals surface area contributed by atoms with Gasteiger partial charge in [0.25, 0.3) is 0 Å². The van der Waals surface area contributed by atoms with Crippen LogP contribution in [0.1, 0.15) is 26.2 Å². The Hall–Kier alpha value is 1.16. The van der Waals surface area contributed by atoms with Crippen molar-refractivity contribution in [2.24, 2.45) is 0 Å². The van der Waals surface area contributed by atoms with Gasteiger partial charge in [-0.15, -0.1) is 11.6 Å². The second-order valence-electron chi connectivity index (χ2n) is 2.29. The predicted molar refractivity (Wildman–Crippen MR) is 49.5 cm³/mol. The number of halogens is 4. The van der Waals surface area contributed by atoms with E-state index in [1.165, 1.54) is 0 Å². The van der Waals surface area contributed by atoms with Crippen LogP contribution in [0.5, 0.6) is 0 Å². The molecule has 0 heterocycles. The monoisotopic (exact) mass is 222 g/mol. The van der Waals surface area contributed by atoms with Crippen molar-refractivity contribution in [1.82, 2.24) is 0 Å². The van der Waals surface area contributed by atoms with E-state index in [1.54, 1.807) is 0 Å². The van der Waals surface area contributed by atoms with Crippen LogP contribution in [-0.4, -0.2) is 9.17 Å². The number of alkyl halides is 4. The fourth-order valence-corrected chi connectivity index (χ4v) is 1.14. The Balaban J connectivity index is 3.21. The van der Waals surface area contributed by atoms with E-state index < -0.39 is 3.79 Å². The van der Waals surface area contributed by atoms with Gasteiger partial charge >= 0.3 is 0 Å². The molecule has 0 aliphatic carbocycles. The van der Waals surface area contributed by atoms with Crippen molar-refractivity contribution >= 4 is 46.4 Å². The van der Waals surface area contributed by atoms with Crippen molar-refractivity contribution in [1.29, 1.82) is 0 Å². The molecule has 0 aliphatic rings. The molecule has 0 nitrogen and oxygen atoms in total. The van der Waals surface area contributed by atoms with E-state index in [1.807, 2.05) is 6.92 Å². The summed E-state index contributed by atoms with van der Waals surface area (Å²) in [6.07, 6.45) is 2.34. The average Bonchev–Trinajstić information content (AvgIpc) is 1.59. The minimum Gasteiger partial charge on any atom is -0.123 e. The molecule has 0 aromatic rings. The minimum absolute atomic E-state index is 0.173. The highest BCUT2D eigenvalue weighted by Gasteiger charge is 2.18. The van der Waals surface area contributed by atoms with Crippen LogP contribution in [0.25, 0.3) is 0 Å². The van der Waals surface area contributed by atoms with E-state index in [9.17, 15) is 0 Å². The number of hydrogen-bond donors (Lipinski definition) is 0. The van der Waals surface area contributed by atoms with Crippen LogP contribution in [-0.2, 0) is 0 Å². The van der Waals surface area contributed by atoms with E-state index in [-0.39, 0.29) is 5.38 Å². The van der Waals surface area contributed by atoms with Gasteiger partial charge in [0.2, 0.25) is 0 Å². The molecule has 4 heteroatoms. The lowest BCUT2D eigenvalue weighted by Gasteiger charge is -2.09. The lowest BCUT2D eigenvalue weighted by Crippen LogP contribution is -2.02. The van der Waals surface area contributed by atoms with Gasteiger partial charge < -0.3 is 0 Å². The Morgan fingerprint density at radius 3 is 2.10 bits per heavy atom. The SMILES string of the molecule is CC(Cl)CCCC(Cl)(Cl)Cl. The molecular weight excluding hydrogens is 214 g/mol. The Morgan fingerprint density at radius 1 is 1.30 bits per heavy atom. The zero-order valence-electron chi connectivity index (χ0n) is 5.71. The average molecular weight is 224 g/mol. The summed E-state index contributed by atoms with van der Waals surface area (Å²) < 4.78 is -1.11. The van der Waals surface area contributed by atoms with Gasteiger partial charge in [0.05, 0.1) is 0 Å². The highest BCUT2D eigenvalue weighted by atomic mass is 35.6. The highest BCUT2D eigenvalue weighted by molar-refractivity contribution is 6.67. The maximum Gasteiger partial charge on any atom is 0.190 e. The van der Waals surface area contributed by atoms with Crippen LogP contribution >= 0.6 is 46.4 Å². The number of hydrogen-bond acceptors (Lipinski definition) is 0. The molecule has 1 unspecified atom stereocenters. The molecule has 0 amide bonds. The van der Waals surface area contributed by atoms with Gasteiger partial charge in [-0.05, 0) is 26.2 Å². The van der Waals surface area contributed by atoms with Crippen molar-refractivity contribution in [3.63, 3.8) is 0 Å². The molecular formula is C6H10Cl4. The molecule has 1 atom stereocenters. The summed E-state index contributed by atoms with van der Waals surface area (Å²) in [4.78, 5) is 0. The lowest BCUT2D eigenvalue weighted by molar-refractivity contribution is 0.682. The Kier molecular flexibility index (Phi) is 5.49. The topological polar surface area (TPSA) is 0 Å². The minimum atomic E-state index is -1.11. The van der Waals surface area contributed by atoms with Crippen molar-refractivity contribution < 1.29 is 0 Å². The van der Waals surface area contributed by atoms with Crippen molar-refractivity contribution in [3.8, 4) is 0 Å². The van der Waals surface area contributed by atoms with Gasteiger partial charge in [-0.1, -0.05) is 34.8 Å². The summed E-state index contributed by atoms with van der Waals surface area (Å²) in [5.41, 5.74) is 0. The molecule has 0 rings (SSSR count). The third-order valence-corrected chi connectivity index (χ3v) is 1.85. The number of rotatable bonds is 3. The van der Waals surface area contributed by atoms with E-state index >= 15 is 0 Å². The fourth-order valence-electron chi connectivity index (χ4n) is 0.584. The van der Waals surface area contributed by atoms with Gasteiger partial charge in [0, 0.05) is 5.38 Å². The molecule has 0 aromatic heterocycles. The first-order chi connectivity index (χ1) is 4.42. The Morgan fingerprint density at radius 2 is 1.80 bits per heavy atom. The molecule has 0 aromatic carbocycles.